The molecule has 3 heterocycles. The summed E-state index contributed by atoms with van der Waals surface area (Å²) in [5.74, 6) is 0.746. The number of benzene rings is 13. The summed E-state index contributed by atoms with van der Waals surface area (Å²) in [7, 11) is 0. The van der Waals surface area contributed by atoms with Gasteiger partial charge in [-0.3, -0.25) is 24.1 Å². The molecule has 0 saturated carbocycles. The number of para-hydroxylation sites is 6. The van der Waals surface area contributed by atoms with Crippen LogP contribution in [0.2, 0.25) is 0 Å². The van der Waals surface area contributed by atoms with E-state index in [1.54, 1.807) is 24.3 Å². The lowest BCUT2D eigenvalue weighted by Crippen LogP contribution is -2.42. The monoisotopic (exact) mass is 1160 g/mol. The smallest absolute Gasteiger partial charge is 0.266 e. The number of hydrogen-bond donors (Lipinski definition) is 0. The maximum atomic E-state index is 16.1. The second kappa shape index (κ2) is 20.3. The lowest BCUT2D eigenvalue weighted by atomic mass is 9.80. The van der Waals surface area contributed by atoms with Gasteiger partial charge in [-0.1, -0.05) is 140 Å². The maximum Gasteiger partial charge on any atom is 0.266 e. The molecule has 13 aromatic carbocycles. The van der Waals surface area contributed by atoms with Gasteiger partial charge in [-0.05, 0) is 147 Å². The largest absolute Gasteiger partial charge is 0.456 e. The molecule has 16 rings (SSSR count). The molecule has 11 nitrogen and oxygen atoms in total. The van der Waals surface area contributed by atoms with Gasteiger partial charge in [0.05, 0.1) is 45.0 Å². The van der Waals surface area contributed by atoms with E-state index >= 15 is 19.2 Å². The summed E-state index contributed by atoms with van der Waals surface area (Å²) in [6.07, 6.45) is 0. The molecule has 0 spiro atoms. The predicted octanol–water partition coefficient (Wildman–Crippen LogP) is 19.4. The average Bonchev–Trinajstić information content (AvgIpc) is 1.34. The number of fused-ring (bicyclic) bond motifs is 5. The highest BCUT2D eigenvalue weighted by Gasteiger charge is 2.43. The molecule has 14 aromatic rings. The normalized spacial score (nSPS) is 13.4. The summed E-state index contributed by atoms with van der Waals surface area (Å²) >= 11 is 0. The first-order valence-electron chi connectivity index (χ1n) is 29.6. The Morgan fingerprint density at radius 1 is 0.303 bits per heavy atom. The summed E-state index contributed by atoms with van der Waals surface area (Å²) < 4.78 is 31.3. The number of imide groups is 2. The van der Waals surface area contributed by atoms with Gasteiger partial charge in [-0.15, -0.1) is 0 Å². The van der Waals surface area contributed by atoms with Crippen LogP contribution in [0.25, 0.3) is 70.6 Å². The molecule has 428 valence electrons. The third kappa shape index (κ3) is 8.12. The second-order valence-electron chi connectivity index (χ2n) is 23.1. The lowest BCUT2D eigenvalue weighted by molar-refractivity contribution is 0.0548. The standard InChI is InChI=1S/C78H53N3O8/c1-43-21-9-17-31-59(43)86-63-39-53-67-54(76(83)79(75(53)82)47(5)48-25-7-6-8-26-48)40-64(87-60-32-18-10-22-44(60)2)70-72-66(89-62-34-20-12-24-46(62)4)42-56-68-55(41-65(71(74(68)72)69(63)73(67)70)88-61-33-19-11-23-45(61)3)77(84)81(78(56)85)50-37-35-49(36-38-50)80-57-29-15-13-27-51(57)52-28-14-16-30-58(52)80/h6-42,47H,1-5H3. The van der Waals surface area contributed by atoms with Crippen molar-refractivity contribution in [2.75, 3.05) is 4.90 Å². The van der Waals surface area contributed by atoms with Crippen LogP contribution in [0.5, 0.6) is 46.0 Å². The maximum absolute atomic E-state index is 16.1. The number of ether oxygens (including phenoxy) is 4. The summed E-state index contributed by atoms with van der Waals surface area (Å²) in [5, 5.41) is 5.53. The van der Waals surface area contributed by atoms with Crippen molar-refractivity contribution in [1.82, 2.24) is 9.47 Å². The summed E-state index contributed by atoms with van der Waals surface area (Å²) in [5.41, 5.74) is 8.03. The van der Waals surface area contributed by atoms with Crippen molar-refractivity contribution in [2.45, 2.75) is 40.7 Å². The molecule has 89 heavy (non-hydrogen) atoms. The van der Waals surface area contributed by atoms with Gasteiger partial charge in [-0.2, -0.15) is 0 Å². The number of carbonyl (C=O) groups excluding carboxylic acids is 4. The molecule has 0 aliphatic carbocycles. The highest BCUT2D eigenvalue weighted by atomic mass is 16.5. The third-order valence-electron chi connectivity index (χ3n) is 17.8. The second-order valence-corrected chi connectivity index (χ2v) is 23.1. The van der Waals surface area contributed by atoms with Crippen molar-refractivity contribution in [1.29, 1.82) is 0 Å². The summed E-state index contributed by atoms with van der Waals surface area (Å²) in [4.78, 5) is 66.4. The Balaban J connectivity index is 1.04. The third-order valence-corrected chi connectivity index (χ3v) is 17.8. The van der Waals surface area contributed by atoms with Crippen molar-refractivity contribution >= 4 is 94.2 Å². The van der Waals surface area contributed by atoms with Gasteiger partial charge >= 0.3 is 0 Å². The van der Waals surface area contributed by atoms with Gasteiger partial charge in [0.2, 0.25) is 0 Å². The molecule has 2 aliphatic rings. The SMILES string of the molecule is Cc1ccccc1Oc1cc2c3c(cc(Oc4ccccc4C)c4c5c(Oc6ccccc6C)cc6c7c(cc(Oc8ccccc8C)c(c1c34)c75)C(=O)N(C(C)c1ccccc1)C6=O)C(=O)N(c1ccc(-n3c4ccccc4c4ccccc43)cc1)C2=O. The zero-order valence-electron chi connectivity index (χ0n) is 49.0. The van der Waals surface area contributed by atoms with Gasteiger partial charge in [0.25, 0.3) is 23.6 Å². The van der Waals surface area contributed by atoms with Crippen molar-refractivity contribution in [2.24, 2.45) is 0 Å². The number of anilines is 1. The Bertz CT molecular complexity index is 5100. The Morgan fingerprint density at radius 2 is 0.618 bits per heavy atom. The van der Waals surface area contributed by atoms with Crippen LogP contribution in [0.15, 0.2) is 224 Å². The van der Waals surface area contributed by atoms with E-state index in [9.17, 15) is 0 Å². The molecular weight excluding hydrogens is 1110 g/mol. The number of rotatable bonds is 12. The van der Waals surface area contributed by atoms with Crippen LogP contribution in [0, 0.1) is 27.7 Å². The van der Waals surface area contributed by atoms with Crippen LogP contribution in [0.1, 0.15) is 82.2 Å². The molecule has 0 N–H and O–H groups in total. The molecule has 11 heteroatoms. The predicted molar refractivity (Wildman–Crippen MR) is 350 cm³/mol. The van der Waals surface area contributed by atoms with E-state index in [2.05, 4.69) is 28.8 Å². The van der Waals surface area contributed by atoms with E-state index in [0.717, 1.165) is 55.3 Å². The minimum atomic E-state index is -0.694. The van der Waals surface area contributed by atoms with Crippen LogP contribution in [-0.2, 0) is 0 Å². The molecule has 0 fully saturated rings. The zero-order valence-corrected chi connectivity index (χ0v) is 49.0. The number of nitrogens with zero attached hydrogens (tertiary/aromatic N) is 3. The summed E-state index contributed by atoms with van der Waals surface area (Å²) in [6.45, 7) is 9.63. The molecule has 0 radical (unpaired) electrons. The Morgan fingerprint density at radius 3 is 0.989 bits per heavy atom. The number of hydrogen-bond acceptors (Lipinski definition) is 8. The Hall–Kier alpha value is -11.6. The Kier molecular flexibility index (Phi) is 12.1. The highest BCUT2D eigenvalue weighted by Crippen LogP contribution is 2.59. The fraction of sp³-hybridized carbons (Fsp3) is 0.0769. The molecule has 0 saturated heterocycles. The van der Waals surface area contributed by atoms with Gasteiger partial charge < -0.3 is 23.5 Å². The van der Waals surface area contributed by atoms with Crippen LogP contribution >= 0.6 is 0 Å². The van der Waals surface area contributed by atoms with Crippen molar-refractivity contribution in [3.63, 3.8) is 0 Å². The van der Waals surface area contributed by atoms with Crippen LogP contribution < -0.4 is 23.8 Å². The van der Waals surface area contributed by atoms with E-state index in [4.69, 9.17) is 18.9 Å². The van der Waals surface area contributed by atoms with Gasteiger partial charge in [0.15, 0.2) is 0 Å². The van der Waals surface area contributed by atoms with E-state index < -0.39 is 29.7 Å². The lowest BCUT2D eigenvalue weighted by Gasteiger charge is -2.34. The first kappa shape index (κ1) is 53.0. The van der Waals surface area contributed by atoms with E-state index in [1.165, 1.54) is 9.80 Å². The fourth-order valence-corrected chi connectivity index (χ4v) is 13.4. The molecule has 0 bridgehead atoms. The Labute approximate surface area is 511 Å². The first-order chi connectivity index (χ1) is 43.4. The van der Waals surface area contributed by atoms with E-state index in [-0.39, 0.29) is 45.3 Å². The van der Waals surface area contributed by atoms with Crippen molar-refractivity contribution < 1.29 is 38.1 Å². The number of carbonyl (C=O) groups is 4. The molecule has 2 aliphatic heterocycles. The highest BCUT2D eigenvalue weighted by molar-refractivity contribution is 6.46. The van der Waals surface area contributed by atoms with Crippen molar-refractivity contribution in [3.05, 3.63) is 275 Å². The number of aryl methyl sites for hydroxylation is 4. The average molecular weight is 1160 g/mol. The molecular formula is C78H53N3O8. The molecule has 4 amide bonds. The van der Waals surface area contributed by atoms with Crippen LogP contribution in [0.4, 0.5) is 5.69 Å². The molecule has 1 unspecified atom stereocenters. The van der Waals surface area contributed by atoms with Crippen LogP contribution in [0.3, 0.4) is 0 Å². The topological polar surface area (TPSA) is 117 Å². The van der Waals surface area contributed by atoms with Gasteiger partial charge in [0, 0.05) is 59.5 Å². The van der Waals surface area contributed by atoms with E-state index in [0.29, 0.717) is 71.8 Å². The minimum absolute atomic E-state index is 0.185. The summed E-state index contributed by atoms with van der Waals surface area (Å²) in [6, 6.07) is 70.1. The zero-order chi connectivity index (χ0) is 60.5. The van der Waals surface area contributed by atoms with Gasteiger partial charge in [-0.25, -0.2) is 4.90 Å². The quantitative estimate of drug-likeness (QED) is 0.0675. The molecule has 1 aromatic heterocycles. The van der Waals surface area contributed by atoms with Crippen LogP contribution in [-0.4, -0.2) is 33.1 Å². The van der Waals surface area contributed by atoms with Crippen molar-refractivity contribution in [3.8, 4) is 51.7 Å². The van der Waals surface area contributed by atoms with Gasteiger partial charge in [0.1, 0.15) is 46.0 Å². The first-order valence-corrected chi connectivity index (χ1v) is 29.6. The molecule has 1 atom stereocenters. The van der Waals surface area contributed by atoms with E-state index in [1.807, 2.05) is 211 Å². The minimum Gasteiger partial charge on any atom is -0.456 e. The fourth-order valence-electron chi connectivity index (χ4n) is 13.4. The number of aromatic nitrogens is 1. The number of amides is 4.